The summed E-state index contributed by atoms with van der Waals surface area (Å²) >= 11 is 0. The van der Waals surface area contributed by atoms with Gasteiger partial charge in [-0.3, -0.25) is 9.59 Å². The monoisotopic (exact) mass is 515 g/mol. The number of benzene rings is 3. The third-order valence-corrected chi connectivity index (χ3v) is 6.63. The second-order valence-corrected chi connectivity index (χ2v) is 9.83. The summed E-state index contributed by atoms with van der Waals surface area (Å²) in [4.78, 5) is 29.4. The number of nitrogens with one attached hydrogen (secondary N) is 1. The van der Waals surface area contributed by atoms with Gasteiger partial charge in [-0.2, -0.15) is 0 Å². The number of methoxy groups -OCH3 is 1. The van der Waals surface area contributed by atoms with Crippen LogP contribution in [0.5, 0.6) is 11.5 Å². The third-order valence-electron chi connectivity index (χ3n) is 6.63. The minimum atomic E-state index is -0.963. The van der Waals surface area contributed by atoms with Gasteiger partial charge in [0.2, 0.25) is 11.8 Å². The van der Waals surface area contributed by atoms with Crippen LogP contribution in [0.2, 0.25) is 0 Å². The van der Waals surface area contributed by atoms with E-state index in [2.05, 4.69) is 15.6 Å². The minimum Gasteiger partial charge on any atom is -0.508 e. The van der Waals surface area contributed by atoms with Crippen molar-refractivity contribution in [3.05, 3.63) is 83.9 Å². The topological polar surface area (TPSA) is 110 Å². The van der Waals surface area contributed by atoms with Crippen LogP contribution in [0.25, 0.3) is 11.0 Å². The van der Waals surface area contributed by atoms with Gasteiger partial charge >= 0.3 is 0 Å². The molecule has 0 spiro atoms. The zero-order valence-corrected chi connectivity index (χ0v) is 22.1. The average Bonchev–Trinajstić information content (AvgIpc) is 3.32. The van der Waals surface area contributed by atoms with Gasteiger partial charge in [-0.05, 0) is 67.8 Å². The van der Waals surface area contributed by atoms with Gasteiger partial charge in [0.05, 0.1) is 12.6 Å². The van der Waals surface area contributed by atoms with Gasteiger partial charge in [-0.15, -0.1) is 5.10 Å². The molecule has 2 amide bonds. The molecular weight excluding hydrogens is 482 g/mol. The Morgan fingerprint density at radius 2 is 1.82 bits per heavy atom. The minimum absolute atomic E-state index is 0.0709. The van der Waals surface area contributed by atoms with Crippen LogP contribution in [0.4, 0.5) is 0 Å². The van der Waals surface area contributed by atoms with Crippen LogP contribution in [-0.4, -0.2) is 49.5 Å². The van der Waals surface area contributed by atoms with Gasteiger partial charge in [0, 0.05) is 12.1 Å². The predicted octanol–water partition coefficient (Wildman–Crippen LogP) is 4.22. The van der Waals surface area contributed by atoms with E-state index in [1.807, 2.05) is 69.3 Å². The number of rotatable bonds is 10. The van der Waals surface area contributed by atoms with Crippen molar-refractivity contribution in [1.82, 2.24) is 25.2 Å². The standard InChI is InChI=1S/C29H33N5O4/c1-5-29(2,3)30-28(37)27(21-13-15-22(35)16-14-21)33(18-20-9-8-10-23(17-20)38-4)26(36)19-34-25-12-7-6-11-24(25)31-32-34/h6-17,27,35H,5,18-19H2,1-4H3,(H,30,37)/t27-/m0/s1. The largest absolute Gasteiger partial charge is 0.508 e. The van der Waals surface area contributed by atoms with Crippen LogP contribution in [0.1, 0.15) is 44.4 Å². The second kappa shape index (κ2) is 11.3. The smallest absolute Gasteiger partial charge is 0.247 e. The maximum atomic E-state index is 14.0. The van der Waals surface area contributed by atoms with E-state index in [0.29, 0.717) is 23.3 Å². The summed E-state index contributed by atoms with van der Waals surface area (Å²) in [5, 5.41) is 21.3. The molecule has 1 atom stereocenters. The van der Waals surface area contributed by atoms with Crippen molar-refractivity contribution in [2.45, 2.75) is 51.9 Å². The van der Waals surface area contributed by atoms with Crippen LogP contribution < -0.4 is 10.1 Å². The van der Waals surface area contributed by atoms with E-state index in [1.165, 1.54) is 16.8 Å². The highest BCUT2D eigenvalue weighted by Gasteiger charge is 2.34. The lowest BCUT2D eigenvalue weighted by molar-refractivity contribution is -0.143. The van der Waals surface area contributed by atoms with Gasteiger partial charge < -0.3 is 20.1 Å². The highest BCUT2D eigenvalue weighted by molar-refractivity contribution is 5.89. The molecule has 4 aromatic rings. The van der Waals surface area contributed by atoms with Crippen LogP contribution in [0, 0.1) is 0 Å². The van der Waals surface area contributed by atoms with Crippen LogP contribution in [-0.2, 0) is 22.7 Å². The molecule has 4 rings (SSSR count). The lowest BCUT2D eigenvalue weighted by Gasteiger charge is -2.34. The SMILES string of the molecule is CCC(C)(C)NC(=O)[C@H](c1ccc(O)cc1)N(Cc1cccc(OC)c1)C(=O)Cn1nnc2ccccc21. The van der Waals surface area contributed by atoms with Crippen LogP contribution in [0.15, 0.2) is 72.8 Å². The maximum absolute atomic E-state index is 14.0. The van der Waals surface area contributed by atoms with Gasteiger partial charge in [0.15, 0.2) is 0 Å². The Bertz CT molecular complexity index is 1410. The fraction of sp³-hybridized carbons (Fsp3) is 0.310. The number of ether oxygens (including phenoxy) is 1. The van der Waals surface area contributed by atoms with Gasteiger partial charge in [-0.1, -0.05) is 48.5 Å². The molecule has 1 heterocycles. The molecule has 3 aromatic carbocycles. The van der Waals surface area contributed by atoms with Crippen molar-refractivity contribution < 1.29 is 19.4 Å². The Kier molecular flexibility index (Phi) is 7.95. The Morgan fingerprint density at radius 1 is 1.08 bits per heavy atom. The number of aromatic hydroxyl groups is 1. The van der Waals surface area contributed by atoms with Crippen molar-refractivity contribution >= 4 is 22.8 Å². The van der Waals surface area contributed by atoms with Gasteiger partial charge in [0.25, 0.3) is 0 Å². The number of aromatic nitrogens is 3. The van der Waals surface area contributed by atoms with Crippen LogP contribution >= 0.6 is 0 Å². The Hall–Kier alpha value is -4.40. The first-order valence-electron chi connectivity index (χ1n) is 12.5. The molecule has 0 aliphatic heterocycles. The van der Waals surface area contributed by atoms with Gasteiger partial charge in [-0.25, -0.2) is 4.68 Å². The summed E-state index contributed by atoms with van der Waals surface area (Å²) < 4.78 is 6.92. The third kappa shape index (κ3) is 6.11. The van der Waals surface area contributed by atoms with E-state index in [4.69, 9.17) is 4.74 Å². The van der Waals surface area contributed by atoms with E-state index in [0.717, 1.165) is 11.1 Å². The number of para-hydroxylation sites is 1. The molecule has 0 aliphatic rings. The Morgan fingerprint density at radius 3 is 2.53 bits per heavy atom. The highest BCUT2D eigenvalue weighted by atomic mass is 16.5. The maximum Gasteiger partial charge on any atom is 0.247 e. The number of nitrogens with zero attached hydrogens (tertiary/aromatic N) is 4. The number of carbonyl (C=O) groups is 2. The molecule has 9 heteroatoms. The number of hydrogen-bond donors (Lipinski definition) is 2. The summed E-state index contributed by atoms with van der Waals surface area (Å²) in [6, 6.07) is 20.2. The normalized spacial score (nSPS) is 12.2. The Balaban J connectivity index is 1.78. The summed E-state index contributed by atoms with van der Waals surface area (Å²) in [6.45, 7) is 5.91. The fourth-order valence-corrected chi connectivity index (χ4v) is 4.16. The summed E-state index contributed by atoms with van der Waals surface area (Å²) in [5.74, 6) is 0.0877. The van der Waals surface area contributed by atoms with Crippen molar-refractivity contribution in [1.29, 1.82) is 0 Å². The first kappa shape index (κ1) is 26.7. The molecule has 2 N–H and O–H groups in total. The van der Waals surface area contributed by atoms with Crippen molar-refractivity contribution in [3.8, 4) is 11.5 Å². The molecule has 9 nitrogen and oxygen atoms in total. The molecule has 0 fully saturated rings. The Labute approximate surface area is 222 Å². The molecule has 198 valence electrons. The molecular formula is C29H33N5O4. The zero-order valence-electron chi connectivity index (χ0n) is 22.1. The fourth-order valence-electron chi connectivity index (χ4n) is 4.16. The van der Waals surface area contributed by atoms with E-state index >= 15 is 0 Å². The van der Waals surface area contributed by atoms with Crippen molar-refractivity contribution in [3.63, 3.8) is 0 Å². The van der Waals surface area contributed by atoms with E-state index in [1.54, 1.807) is 24.1 Å². The molecule has 0 unspecified atom stereocenters. The first-order chi connectivity index (χ1) is 18.2. The molecule has 0 aliphatic carbocycles. The van der Waals surface area contributed by atoms with E-state index in [9.17, 15) is 14.7 Å². The average molecular weight is 516 g/mol. The number of phenols is 1. The van der Waals surface area contributed by atoms with E-state index in [-0.39, 0.29) is 30.7 Å². The van der Waals surface area contributed by atoms with Crippen molar-refractivity contribution in [2.24, 2.45) is 0 Å². The number of amides is 2. The van der Waals surface area contributed by atoms with Crippen LogP contribution in [0.3, 0.4) is 0 Å². The summed E-state index contributed by atoms with van der Waals surface area (Å²) in [7, 11) is 1.58. The molecule has 1 aromatic heterocycles. The molecule has 0 bridgehead atoms. The van der Waals surface area contributed by atoms with E-state index < -0.39 is 11.6 Å². The van der Waals surface area contributed by atoms with Crippen molar-refractivity contribution in [2.75, 3.05) is 7.11 Å². The zero-order chi connectivity index (χ0) is 27.3. The number of carbonyl (C=O) groups excluding carboxylic acids is 2. The number of hydrogen-bond acceptors (Lipinski definition) is 6. The lowest BCUT2D eigenvalue weighted by atomic mass is 9.98. The quantitative estimate of drug-likeness (QED) is 0.327. The summed E-state index contributed by atoms with van der Waals surface area (Å²) in [6.07, 6.45) is 0.704. The molecule has 0 saturated carbocycles. The van der Waals surface area contributed by atoms with Gasteiger partial charge in [0.1, 0.15) is 29.6 Å². The predicted molar refractivity (Wildman–Crippen MR) is 144 cm³/mol. The molecule has 38 heavy (non-hydrogen) atoms. The number of phenolic OH excluding ortho intramolecular Hbond substituents is 1. The number of fused-ring (bicyclic) bond motifs is 1. The molecule has 0 saturated heterocycles. The highest BCUT2D eigenvalue weighted by Crippen LogP contribution is 2.28. The molecule has 0 radical (unpaired) electrons. The lowest BCUT2D eigenvalue weighted by Crippen LogP contribution is -2.50. The summed E-state index contributed by atoms with van der Waals surface area (Å²) in [5.41, 5.74) is 2.29. The first-order valence-corrected chi connectivity index (χ1v) is 12.5. The second-order valence-electron chi connectivity index (χ2n) is 9.83.